The van der Waals surface area contributed by atoms with E-state index in [1.807, 2.05) is 12.1 Å². The quantitative estimate of drug-likeness (QED) is 0.471. The van der Waals surface area contributed by atoms with Gasteiger partial charge >= 0.3 is 16.3 Å². The molecule has 0 atom stereocenters. The van der Waals surface area contributed by atoms with Crippen LogP contribution in [-0.4, -0.2) is 24.9 Å². The summed E-state index contributed by atoms with van der Waals surface area (Å²) < 4.78 is 37.4. The molecule has 9 nitrogen and oxygen atoms in total. The van der Waals surface area contributed by atoms with E-state index in [0.29, 0.717) is 28.3 Å². The molecular formula is C19H17N3O6S. The Hall–Kier alpha value is -3.63. The highest BCUT2D eigenvalue weighted by Gasteiger charge is 2.11. The van der Waals surface area contributed by atoms with Gasteiger partial charge in [0.1, 0.15) is 11.5 Å². The highest BCUT2D eigenvalue weighted by atomic mass is 32.2. The minimum atomic E-state index is -4.66. The fourth-order valence-corrected chi connectivity index (χ4v) is 2.91. The summed E-state index contributed by atoms with van der Waals surface area (Å²) in [6, 6.07) is 16.0. The Kier molecular flexibility index (Phi) is 5.66. The lowest BCUT2D eigenvalue weighted by Crippen LogP contribution is -2.33. The van der Waals surface area contributed by atoms with Crippen LogP contribution >= 0.6 is 0 Å². The second-order valence-corrected chi connectivity index (χ2v) is 7.19. The fraction of sp³-hybridized carbons (Fsp3) is 0.0526. The average Bonchev–Trinajstić information content (AvgIpc) is 2.62. The third-order valence-electron chi connectivity index (χ3n) is 3.72. The minimum absolute atomic E-state index is 0.175. The van der Waals surface area contributed by atoms with Crippen molar-refractivity contribution in [2.45, 2.75) is 6.92 Å². The van der Waals surface area contributed by atoms with Crippen LogP contribution < -0.4 is 20.1 Å². The number of hydrogen-bond donors (Lipinski definition) is 4. The van der Waals surface area contributed by atoms with Crippen LogP contribution in [0.25, 0.3) is 10.8 Å². The first-order chi connectivity index (χ1) is 13.7. The predicted molar refractivity (Wildman–Crippen MR) is 108 cm³/mol. The molecule has 29 heavy (non-hydrogen) atoms. The Morgan fingerprint density at radius 2 is 1.62 bits per heavy atom. The zero-order valence-corrected chi connectivity index (χ0v) is 16.0. The zero-order valence-electron chi connectivity index (χ0n) is 15.2. The topological polar surface area (TPSA) is 134 Å². The van der Waals surface area contributed by atoms with Gasteiger partial charge in [0, 0.05) is 23.7 Å². The van der Waals surface area contributed by atoms with Gasteiger partial charge in [-0.1, -0.05) is 18.2 Å². The molecule has 0 aliphatic heterocycles. The van der Waals surface area contributed by atoms with Gasteiger partial charge in [-0.15, -0.1) is 0 Å². The summed E-state index contributed by atoms with van der Waals surface area (Å²) in [5, 5.41) is 6.49. The number of anilines is 2. The first-order valence-electron chi connectivity index (χ1n) is 8.34. The Labute approximate surface area is 166 Å². The van der Waals surface area contributed by atoms with E-state index in [1.54, 1.807) is 48.5 Å². The highest BCUT2D eigenvalue weighted by Crippen LogP contribution is 2.32. The maximum atomic E-state index is 11.6. The van der Waals surface area contributed by atoms with E-state index in [9.17, 15) is 18.0 Å². The minimum Gasteiger partial charge on any atom is -0.457 e. The second kappa shape index (κ2) is 8.17. The molecular weight excluding hydrogens is 398 g/mol. The number of benzene rings is 3. The number of carbonyl (C=O) groups excluding carboxylic acids is 2. The highest BCUT2D eigenvalue weighted by molar-refractivity contribution is 7.84. The summed E-state index contributed by atoms with van der Waals surface area (Å²) in [7, 11) is -4.66. The predicted octanol–water partition coefficient (Wildman–Crippen LogP) is 3.51. The van der Waals surface area contributed by atoms with Gasteiger partial charge in [0.2, 0.25) is 5.91 Å². The Balaban J connectivity index is 1.84. The summed E-state index contributed by atoms with van der Waals surface area (Å²) >= 11 is 0. The molecule has 0 fully saturated rings. The summed E-state index contributed by atoms with van der Waals surface area (Å²) in [6.45, 7) is 1.42. The summed E-state index contributed by atoms with van der Waals surface area (Å²) in [6.07, 6.45) is 0. The lowest BCUT2D eigenvalue weighted by Gasteiger charge is -2.12. The molecule has 3 rings (SSSR count). The molecule has 0 aliphatic rings. The monoisotopic (exact) mass is 415 g/mol. The van der Waals surface area contributed by atoms with Gasteiger partial charge in [0.05, 0.1) is 0 Å². The molecule has 0 aliphatic carbocycles. The van der Waals surface area contributed by atoms with E-state index >= 15 is 0 Å². The molecule has 3 aromatic rings. The molecule has 10 heteroatoms. The maximum absolute atomic E-state index is 11.6. The number of fused-ring (bicyclic) bond motifs is 1. The Morgan fingerprint density at radius 3 is 2.28 bits per heavy atom. The van der Waals surface area contributed by atoms with Crippen molar-refractivity contribution in [3.05, 3.63) is 60.7 Å². The van der Waals surface area contributed by atoms with E-state index in [-0.39, 0.29) is 5.91 Å². The molecule has 4 N–H and O–H groups in total. The van der Waals surface area contributed by atoms with Crippen LogP contribution in [0.2, 0.25) is 0 Å². The van der Waals surface area contributed by atoms with Crippen molar-refractivity contribution in [3.8, 4) is 11.5 Å². The van der Waals surface area contributed by atoms with Gasteiger partial charge in [0.25, 0.3) is 0 Å². The number of amides is 3. The number of carbonyl (C=O) groups is 2. The van der Waals surface area contributed by atoms with E-state index in [4.69, 9.17) is 9.29 Å². The number of ether oxygens (including phenoxy) is 1. The summed E-state index contributed by atoms with van der Waals surface area (Å²) in [5.74, 6) is 0.869. The smallest absolute Gasteiger partial charge is 0.361 e. The first-order valence-corrected chi connectivity index (χ1v) is 9.78. The maximum Gasteiger partial charge on any atom is 0.361 e. The molecule has 3 aromatic carbocycles. The molecule has 0 aromatic heterocycles. The van der Waals surface area contributed by atoms with Crippen LogP contribution in [0.5, 0.6) is 11.5 Å². The normalized spacial score (nSPS) is 11.0. The number of urea groups is 1. The summed E-state index contributed by atoms with van der Waals surface area (Å²) in [5.41, 5.74) is 0.940. The molecule has 0 heterocycles. The van der Waals surface area contributed by atoms with Crippen LogP contribution in [-0.2, 0) is 15.1 Å². The number of rotatable bonds is 5. The van der Waals surface area contributed by atoms with Gasteiger partial charge < -0.3 is 15.4 Å². The lowest BCUT2D eigenvalue weighted by molar-refractivity contribution is -0.114. The van der Waals surface area contributed by atoms with Crippen molar-refractivity contribution in [1.82, 2.24) is 4.72 Å². The third-order valence-corrected chi connectivity index (χ3v) is 4.17. The standard InChI is InChI=1S/C19H17N3O6S/c1-12(23)20-14-7-9-16(10-8-14)28-18-4-2-3-13-5-6-15(11-17(13)18)21-19(24)22-29(25,26)27/h2-11H,1H3,(H,20,23)(H2,21,22,24)(H,25,26,27). The first kappa shape index (κ1) is 20.1. The molecule has 150 valence electrons. The summed E-state index contributed by atoms with van der Waals surface area (Å²) in [4.78, 5) is 22.7. The van der Waals surface area contributed by atoms with Gasteiger partial charge in [-0.05, 0) is 47.9 Å². The molecule has 0 bridgehead atoms. The second-order valence-electron chi connectivity index (χ2n) is 6.03. The van der Waals surface area contributed by atoms with E-state index in [1.165, 1.54) is 11.6 Å². The average molecular weight is 415 g/mol. The SMILES string of the molecule is CC(=O)Nc1ccc(Oc2cccc3ccc(NC(=O)NS(=O)(=O)O)cc23)cc1. The lowest BCUT2D eigenvalue weighted by atomic mass is 10.1. The third kappa shape index (κ3) is 5.67. The molecule has 3 amide bonds. The van der Waals surface area contributed by atoms with Crippen LogP contribution in [0, 0.1) is 0 Å². The molecule has 0 saturated heterocycles. The van der Waals surface area contributed by atoms with Gasteiger partial charge in [-0.25, -0.2) is 9.52 Å². The van der Waals surface area contributed by atoms with Crippen LogP contribution in [0.3, 0.4) is 0 Å². The Bertz CT molecular complexity index is 1180. The van der Waals surface area contributed by atoms with E-state index < -0.39 is 16.3 Å². The largest absolute Gasteiger partial charge is 0.457 e. The van der Waals surface area contributed by atoms with Crippen LogP contribution in [0.15, 0.2) is 60.7 Å². The molecule has 0 spiro atoms. The van der Waals surface area contributed by atoms with Crippen molar-refractivity contribution in [2.75, 3.05) is 10.6 Å². The zero-order chi connectivity index (χ0) is 21.0. The Morgan fingerprint density at radius 1 is 0.931 bits per heavy atom. The van der Waals surface area contributed by atoms with Gasteiger partial charge in [-0.3, -0.25) is 9.35 Å². The van der Waals surface area contributed by atoms with Crippen molar-refractivity contribution in [3.63, 3.8) is 0 Å². The van der Waals surface area contributed by atoms with E-state index in [2.05, 4.69) is 10.6 Å². The van der Waals surface area contributed by atoms with Crippen LogP contribution in [0.1, 0.15) is 6.92 Å². The van der Waals surface area contributed by atoms with Crippen LogP contribution in [0.4, 0.5) is 16.2 Å². The van der Waals surface area contributed by atoms with Crippen molar-refractivity contribution < 1.29 is 27.3 Å². The number of hydrogen-bond acceptors (Lipinski definition) is 5. The van der Waals surface area contributed by atoms with Crippen molar-refractivity contribution in [1.29, 1.82) is 0 Å². The van der Waals surface area contributed by atoms with Gasteiger partial charge in [0.15, 0.2) is 0 Å². The van der Waals surface area contributed by atoms with Crippen molar-refractivity contribution >= 4 is 44.4 Å². The van der Waals surface area contributed by atoms with E-state index in [0.717, 1.165) is 5.39 Å². The van der Waals surface area contributed by atoms with Gasteiger partial charge in [-0.2, -0.15) is 8.42 Å². The van der Waals surface area contributed by atoms with Crippen molar-refractivity contribution in [2.24, 2.45) is 0 Å². The molecule has 0 radical (unpaired) electrons. The molecule has 0 saturated carbocycles. The fourth-order valence-electron chi connectivity index (χ4n) is 2.62. The molecule has 0 unspecified atom stereocenters. The number of nitrogens with one attached hydrogen (secondary N) is 3.